The molecule has 0 fully saturated rings. The fourth-order valence-electron chi connectivity index (χ4n) is 4.56. The maximum Gasteiger partial charge on any atom is 0.327 e. The van der Waals surface area contributed by atoms with Gasteiger partial charge in [-0.2, -0.15) is 0 Å². The van der Waals surface area contributed by atoms with Gasteiger partial charge in [-0.3, -0.25) is 0 Å². The second-order valence-electron chi connectivity index (χ2n) is 10.00. The van der Waals surface area contributed by atoms with Crippen molar-refractivity contribution in [1.29, 1.82) is 0 Å². The SMILES string of the molecule is CCCCCCCCN(CCCCCCCC)CCCCCCCCCCCCOP(O)O. The third-order valence-electron chi connectivity index (χ3n) is 6.73. The van der Waals surface area contributed by atoms with E-state index in [0.29, 0.717) is 6.61 Å². The van der Waals surface area contributed by atoms with Crippen molar-refractivity contribution in [3.8, 4) is 0 Å². The Morgan fingerprint density at radius 2 is 0.758 bits per heavy atom. The maximum atomic E-state index is 8.69. The molecular weight excluding hydrogens is 429 g/mol. The number of rotatable bonds is 28. The summed E-state index contributed by atoms with van der Waals surface area (Å²) in [5, 5.41) is 0. The molecule has 0 bridgehead atoms. The molecule has 0 heterocycles. The lowest BCUT2D eigenvalue weighted by atomic mass is 10.1. The summed E-state index contributed by atoms with van der Waals surface area (Å²) in [6.07, 6.45) is 29.7. The maximum absolute atomic E-state index is 8.69. The summed E-state index contributed by atoms with van der Waals surface area (Å²) in [5.41, 5.74) is 0. The van der Waals surface area contributed by atoms with Crippen LogP contribution in [0, 0.1) is 0 Å². The van der Waals surface area contributed by atoms with Crippen molar-refractivity contribution in [3.63, 3.8) is 0 Å². The first-order valence-corrected chi connectivity index (χ1v) is 15.9. The Hall–Kier alpha value is 0.270. The van der Waals surface area contributed by atoms with Crippen molar-refractivity contribution in [2.24, 2.45) is 0 Å². The van der Waals surface area contributed by atoms with Gasteiger partial charge in [0, 0.05) is 0 Å². The number of nitrogens with zero attached hydrogens (tertiary/aromatic N) is 1. The average molecular weight is 490 g/mol. The van der Waals surface area contributed by atoms with Crippen LogP contribution < -0.4 is 0 Å². The van der Waals surface area contributed by atoms with Crippen molar-refractivity contribution >= 4 is 8.60 Å². The van der Waals surface area contributed by atoms with E-state index in [0.717, 1.165) is 12.8 Å². The standard InChI is InChI=1S/C28H60NO3P/c1-3-5-7-9-17-21-25-29(26-22-18-10-8-6-4-2)27-23-19-15-13-11-12-14-16-20-24-28-32-33(30)31/h30-31H,3-28H2,1-2H3. The van der Waals surface area contributed by atoms with Crippen LogP contribution in [0.25, 0.3) is 0 Å². The normalized spacial score (nSPS) is 11.8. The first-order valence-electron chi connectivity index (χ1n) is 14.7. The Labute approximate surface area is 209 Å². The van der Waals surface area contributed by atoms with Crippen molar-refractivity contribution < 1.29 is 14.3 Å². The topological polar surface area (TPSA) is 52.9 Å². The monoisotopic (exact) mass is 489 g/mol. The molecule has 200 valence electrons. The van der Waals surface area contributed by atoms with Gasteiger partial charge in [0.25, 0.3) is 0 Å². The molecule has 5 heteroatoms. The predicted octanol–water partition coefficient (Wildman–Crippen LogP) is 9.14. The molecule has 33 heavy (non-hydrogen) atoms. The molecule has 0 aliphatic rings. The predicted molar refractivity (Wildman–Crippen MR) is 147 cm³/mol. The quantitative estimate of drug-likeness (QED) is 0.0849. The van der Waals surface area contributed by atoms with Gasteiger partial charge in [-0.1, -0.05) is 129 Å². The lowest BCUT2D eigenvalue weighted by molar-refractivity contribution is 0.248. The van der Waals surface area contributed by atoms with Crippen molar-refractivity contribution in [2.75, 3.05) is 26.2 Å². The minimum absolute atomic E-state index is 0.480. The van der Waals surface area contributed by atoms with Gasteiger partial charge in [-0.25, -0.2) is 0 Å². The molecule has 4 nitrogen and oxygen atoms in total. The van der Waals surface area contributed by atoms with E-state index in [4.69, 9.17) is 14.3 Å². The molecule has 0 aromatic heterocycles. The van der Waals surface area contributed by atoms with Crippen LogP contribution in [0.15, 0.2) is 0 Å². The second kappa shape index (κ2) is 28.5. The molecule has 0 amide bonds. The summed E-state index contributed by atoms with van der Waals surface area (Å²) < 4.78 is 4.80. The summed E-state index contributed by atoms with van der Waals surface area (Å²) in [6, 6.07) is 0. The highest BCUT2D eigenvalue weighted by Gasteiger charge is 2.05. The summed E-state index contributed by atoms with van der Waals surface area (Å²) in [4.78, 5) is 20.2. The Bertz CT molecular complexity index is 342. The van der Waals surface area contributed by atoms with Crippen LogP contribution in [0.1, 0.15) is 155 Å². The Balaban J connectivity index is 3.68. The zero-order chi connectivity index (χ0) is 24.2. The fourth-order valence-corrected chi connectivity index (χ4v) is 4.86. The molecule has 0 radical (unpaired) electrons. The van der Waals surface area contributed by atoms with Crippen molar-refractivity contribution in [1.82, 2.24) is 4.90 Å². The van der Waals surface area contributed by atoms with Gasteiger partial charge in [0.2, 0.25) is 0 Å². The third-order valence-corrected chi connectivity index (χ3v) is 7.14. The van der Waals surface area contributed by atoms with E-state index in [9.17, 15) is 0 Å². The van der Waals surface area contributed by atoms with Crippen LogP contribution in [0.2, 0.25) is 0 Å². The second-order valence-corrected chi connectivity index (χ2v) is 10.8. The lowest BCUT2D eigenvalue weighted by Gasteiger charge is -2.22. The smallest absolute Gasteiger partial charge is 0.327 e. The van der Waals surface area contributed by atoms with E-state index in [1.54, 1.807) is 0 Å². The first kappa shape index (κ1) is 33.3. The van der Waals surface area contributed by atoms with E-state index in [1.807, 2.05) is 0 Å². The third kappa shape index (κ3) is 28.4. The van der Waals surface area contributed by atoms with Gasteiger partial charge in [-0.15, -0.1) is 0 Å². The molecule has 0 aromatic rings. The minimum Gasteiger partial charge on any atom is -0.328 e. The number of hydrogen-bond donors (Lipinski definition) is 2. The zero-order valence-electron chi connectivity index (χ0n) is 22.6. The summed E-state index contributed by atoms with van der Waals surface area (Å²) in [6.45, 7) is 9.04. The molecule has 0 saturated carbocycles. The average Bonchev–Trinajstić information content (AvgIpc) is 2.80. The van der Waals surface area contributed by atoms with E-state index in [2.05, 4.69) is 18.7 Å². The highest BCUT2D eigenvalue weighted by Crippen LogP contribution is 2.24. The molecule has 0 saturated heterocycles. The molecule has 0 aliphatic carbocycles. The van der Waals surface area contributed by atoms with Crippen LogP contribution >= 0.6 is 8.60 Å². The van der Waals surface area contributed by atoms with Crippen LogP contribution in [-0.4, -0.2) is 40.9 Å². The van der Waals surface area contributed by atoms with Crippen LogP contribution in [0.3, 0.4) is 0 Å². The van der Waals surface area contributed by atoms with E-state index < -0.39 is 8.60 Å². The largest absolute Gasteiger partial charge is 0.328 e. The molecule has 0 spiro atoms. The Kier molecular flexibility index (Phi) is 28.7. The first-order chi connectivity index (χ1) is 16.2. The molecule has 0 aromatic carbocycles. The van der Waals surface area contributed by atoms with Crippen LogP contribution in [0.4, 0.5) is 0 Å². The highest BCUT2D eigenvalue weighted by atomic mass is 31.2. The summed E-state index contributed by atoms with van der Waals surface area (Å²) >= 11 is 0. The molecular formula is C28H60NO3P. The lowest BCUT2D eigenvalue weighted by Crippen LogP contribution is -2.27. The molecule has 0 unspecified atom stereocenters. The zero-order valence-corrected chi connectivity index (χ0v) is 23.5. The van der Waals surface area contributed by atoms with Gasteiger partial charge in [0.05, 0.1) is 6.61 Å². The van der Waals surface area contributed by atoms with E-state index >= 15 is 0 Å². The molecule has 2 N–H and O–H groups in total. The van der Waals surface area contributed by atoms with Gasteiger partial charge in [0.15, 0.2) is 0 Å². The highest BCUT2D eigenvalue weighted by molar-refractivity contribution is 7.39. The Morgan fingerprint density at radius 1 is 0.455 bits per heavy atom. The summed E-state index contributed by atoms with van der Waals surface area (Å²) in [5.74, 6) is 0. The fraction of sp³-hybridized carbons (Fsp3) is 1.00. The van der Waals surface area contributed by atoms with Gasteiger partial charge in [-0.05, 0) is 45.3 Å². The molecule has 0 aliphatic heterocycles. The van der Waals surface area contributed by atoms with Gasteiger partial charge >= 0.3 is 8.60 Å². The minimum atomic E-state index is -2.16. The van der Waals surface area contributed by atoms with E-state index in [-0.39, 0.29) is 0 Å². The van der Waals surface area contributed by atoms with Crippen LogP contribution in [0.5, 0.6) is 0 Å². The van der Waals surface area contributed by atoms with Gasteiger partial charge in [0.1, 0.15) is 0 Å². The molecule has 0 atom stereocenters. The number of hydrogen-bond acceptors (Lipinski definition) is 4. The number of unbranched alkanes of at least 4 members (excludes halogenated alkanes) is 19. The van der Waals surface area contributed by atoms with Crippen molar-refractivity contribution in [2.45, 2.75) is 155 Å². The van der Waals surface area contributed by atoms with E-state index in [1.165, 1.54) is 148 Å². The molecule has 0 rings (SSSR count). The summed E-state index contributed by atoms with van der Waals surface area (Å²) in [7, 11) is -2.16. The Morgan fingerprint density at radius 3 is 1.09 bits per heavy atom. The van der Waals surface area contributed by atoms with Crippen LogP contribution in [-0.2, 0) is 4.52 Å². The van der Waals surface area contributed by atoms with Crippen molar-refractivity contribution in [3.05, 3.63) is 0 Å². The van der Waals surface area contributed by atoms with Gasteiger partial charge < -0.3 is 19.2 Å².